The van der Waals surface area contributed by atoms with Crippen molar-refractivity contribution in [3.63, 3.8) is 0 Å². The molecule has 16 heavy (non-hydrogen) atoms. The minimum Gasteiger partial charge on any atom is -0.481 e. The van der Waals surface area contributed by atoms with Gasteiger partial charge in [0.2, 0.25) is 0 Å². The lowest BCUT2D eigenvalue weighted by atomic mass is 10.0. The predicted octanol–water partition coefficient (Wildman–Crippen LogP) is 1.47. The van der Waals surface area contributed by atoms with Crippen LogP contribution in [-0.2, 0) is 4.79 Å². The van der Waals surface area contributed by atoms with Crippen LogP contribution in [0.5, 0.6) is 0 Å². The van der Waals surface area contributed by atoms with Crippen molar-refractivity contribution in [1.29, 1.82) is 5.26 Å². The first-order valence-corrected chi connectivity index (χ1v) is 4.90. The lowest BCUT2D eigenvalue weighted by molar-refractivity contribution is -0.141. The van der Waals surface area contributed by atoms with Crippen molar-refractivity contribution in [3.05, 3.63) is 23.9 Å². The van der Waals surface area contributed by atoms with Crippen molar-refractivity contribution in [2.75, 3.05) is 5.32 Å². The van der Waals surface area contributed by atoms with Crippen LogP contribution in [0.4, 0.5) is 5.82 Å². The van der Waals surface area contributed by atoms with Crippen LogP contribution in [0.25, 0.3) is 0 Å². The topological polar surface area (TPSA) is 86.0 Å². The number of hydrogen-bond donors (Lipinski definition) is 2. The summed E-state index contributed by atoms with van der Waals surface area (Å²) in [6, 6.07) is 5.00. The first kappa shape index (κ1) is 12.0. The lowest BCUT2D eigenvalue weighted by Gasteiger charge is -2.18. The Balaban J connectivity index is 2.81. The summed E-state index contributed by atoms with van der Waals surface area (Å²) >= 11 is 0. The van der Waals surface area contributed by atoms with Gasteiger partial charge in [-0.05, 0) is 26.0 Å². The van der Waals surface area contributed by atoms with E-state index in [0.29, 0.717) is 11.4 Å². The highest BCUT2D eigenvalue weighted by Gasteiger charge is 2.20. The first-order valence-electron chi connectivity index (χ1n) is 4.90. The van der Waals surface area contributed by atoms with Crippen LogP contribution in [0.1, 0.15) is 19.4 Å². The molecule has 2 unspecified atom stereocenters. The highest BCUT2D eigenvalue weighted by atomic mass is 16.4. The van der Waals surface area contributed by atoms with Gasteiger partial charge < -0.3 is 10.4 Å². The highest BCUT2D eigenvalue weighted by molar-refractivity contribution is 5.71. The third-order valence-electron chi connectivity index (χ3n) is 2.43. The number of pyridine rings is 1. The van der Waals surface area contributed by atoms with Gasteiger partial charge in [-0.3, -0.25) is 4.79 Å². The molecule has 0 bridgehead atoms. The number of nitrogens with one attached hydrogen (secondary N) is 1. The van der Waals surface area contributed by atoms with Crippen molar-refractivity contribution in [2.45, 2.75) is 19.9 Å². The molecule has 0 aliphatic carbocycles. The second-order valence-corrected chi connectivity index (χ2v) is 3.57. The fraction of sp³-hybridized carbons (Fsp3) is 0.364. The van der Waals surface area contributed by atoms with Crippen LogP contribution in [-0.4, -0.2) is 22.1 Å². The molecular formula is C11H13N3O2. The fourth-order valence-electron chi connectivity index (χ4n) is 1.17. The van der Waals surface area contributed by atoms with Gasteiger partial charge in [0.25, 0.3) is 0 Å². The average molecular weight is 219 g/mol. The number of nitriles is 1. The van der Waals surface area contributed by atoms with Gasteiger partial charge in [0.15, 0.2) is 0 Å². The fourth-order valence-corrected chi connectivity index (χ4v) is 1.17. The number of carboxylic acids is 1. The molecule has 1 rings (SSSR count). The van der Waals surface area contributed by atoms with Gasteiger partial charge in [-0.2, -0.15) is 5.26 Å². The van der Waals surface area contributed by atoms with Crippen LogP contribution in [0.3, 0.4) is 0 Å². The van der Waals surface area contributed by atoms with E-state index in [1.165, 1.54) is 0 Å². The zero-order chi connectivity index (χ0) is 12.1. The molecule has 0 aliphatic heterocycles. The molecule has 2 atom stereocenters. The minimum atomic E-state index is -0.880. The van der Waals surface area contributed by atoms with Crippen molar-refractivity contribution < 1.29 is 9.90 Å². The van der Waals surface area contributed by atoms with Crippen molar-refractivity contribution in [2.24, 2.45) is 5.92 Å². The molecule has 0 amide bonds. The number of anilines is 1. The van der Waals surface area contributed by atoms with Crippen LogP contribution in [0, 0.1) is 17.2 Å². The van der Waals surface area contributed by atoms with Crippen LogP contribution >= 0.6 is 0 Å². The van der Waals surface area contributed by atoms with Gasteiger partial charge in [0.1, 0.15) is 11.9 Å². The van der Waals surface area contributed by atoms with Crippen LogP contribution in [0.2, 0.25) is 0 Å². The third kappa shape index (κ3) is 2.70. The quantitative estimate of drug-likeness (QED) is 0.800. The molecule has 84 valence electrons. The van der Waals surface area contributed by atoms with Gasteiger partial charge in [-0.1, -0.05) is 0 Å². The number of aliphatic carboxylic acids is 1. The maximum atomic E-state index is 10.8. The molecule has 0 saturated heterocycles. The van der Waals surface area contributed by atoms with Gasteiger partial charge in [0, 0.05) is 12.2 Å². The summed E-state index contributed by atoms with van der Waals surface area (Å²) in [7, 11) is 0. The van der Waals surface area contributed by atoms with Crippen LogP contribution < -0.4 is 5.32 Å². The van der Waals surface area contributed by atoms with Crippen molar-refractivity contribution in [1.82, 2.24) is 4.98 Å². The van der Waals surface area contributed by atoms with E-state index >= 15 is 0 Å². The molecule has 2 N–H and O–H groups in total. The molecule has 1 aromatic rings. The Morgan fingerprint density at radius 2 is 2.31 bits per heavy atom. The lowest BCUT2D eigenvalue weighted by Crippen LogP contribution is -2.30. The molecule has 5 nitrogen and oxygen atoms in total. The number of carbonyl (C=O) groups is 1. The molecule has 0 aliphatic rings. The normalized spacial score (nSPS) is 13.6. The zero-order valence-corrected chi connectivity index (χ0v) is 9.14. The summed E-state index contributed by atoms with van der Waals surface area (Å²) < 4.78 is 0. The summed E-state index contributed by atoms with van der Waals surface area (Å²) in [6.45, 7) is 3.35. The minimum absolute atomic E-state index is 0.292. The Hall–Kier alpha value is -2.09. The Morgan fingerprint density at radius 1 is 1.62 bits per heavy atom. The van der Waals surface area contributed by atoms with Crippen molar-refractivity contribution in [3.8, 4) is 6.07 Å². The number of rotatable bonds is 4. The van der Waals surface area contributed by atoms with E-state index in [1.807, 2.05) is 6.07 Å². The van der Waals surface area contributed by atoms with Crippen LogP contribution in [0.15, 0.2) is 18.3 Å². The average Bonchev–Trinajstić information content (AvgIpc) is 2.28. The molecule has 0 aromatic carbocycles. The van der Waals surface area contributed by atoms with Gasteiger partial charge in [-0.25, -0.2) is 4.98 Å². The zero-order valence-electron chi connectivity index (χ0n) is 9.14. The molecular weight excluding hydrogens is 206 g/mol. The Labute approximate surface area is 93.7 Å². The number of carboxylic acid groups (broad SMARTS) is 1. The Bertz CT molecular complexity index is 425. The Kier molecular flexibility index (Phi) is 3.84. The number of hydrogen-bond acceptors (Lipinski definition) is 4. The standard InChI is InChI=1S/C11H13N3O2/c1-7(11(15)16)8(2)14-10-9(6-12)4-3-5-13-10/h3-5,7-8H,1-2H3,(H,13,14)(H,15,16). The second kappa shape index (κ2) is 5.12. The number of aromatic nitrogens is 1. The van der Waals surface area contributed by atoms with Gasteiger partial charge >= 0.3 is 5.97 Å². The summed E-state index contributed by atoms with van der Waals surface area (Å²) in [4.78, 5) is 14.8. The van der Waals surface area contributed by atoms with E-state index in [4.69, 9.17) is 10.4 Å². The Morgan fingerprint density at radius 3 is 2.88 bits per heavy atom. The molecule has 0 saturated carbocycles. The largest absolute Gasteiger partial charge is 0.481 e. The second-order valence-electron chi connectivity index (χ2n) is 3.57. The molecule has 0 spiro atoms. The molecule has 0 radical (unpaired) electrons. The summed E-state index contributed by atoms with van der Waals surface area (Å²) in [5.74, 6) is -1.01. The first-order chi connectivity index (χ1) is 7.56. The maximum absolute atomic E-state index is 10.8. The van der Waals surface area contributed by atoms with E-state index in [0.717, 1.165) is 0 Å². The van der Waals surface area contributed by atoms with Gasteiger partial charge in [0.05, 0.1) is 11.5 Å². The monoisotopic (exact) mass is 219 g/mol. The van der Waals surface area contributed by atoms with E-state index in [-0.39, 0.29) is 6.04 Å². The van der Waals surface area contributed by atoms with E-state index in [1.54, 1.807) is 32.2 Å². The third-order valence-corrected chi connectivity index (χ3v) is 2.43. The maximum Gasteiger partial charge on any atom is 0.308 e. The van der Waals surface area contributed by atoms with E-state index < -0.39 is 11.9 Å². The summed E-state index contributed by atoms with van der Waals surface area (Å²) in [5.41, 5.74) is 0.409. The smallest absolute Gasteiger partial charge is 0.308 e. The molecule has 1 heterocycles. The predicted molar refractivity (Wildman–Crippen MR) is 58.8 cm³/mol. The van der Waals surface area contributed by atoms with E-state index in [2.05, 4.69) is 10.3 Å². The molecule has 1 aromatic heterocycles. The highest BCUT2D eigenvalue weighted by Crippen LogP contribution is 2.14. The van der Waals surface area contributed by atoms with Crippen molar-refractivity contribution >= 4 is 11.8 Å². The van der Waals surface area contributed by atoms with E-state index in [9.17, 15) is 4.79 Å². The molecule has 5 heteroatoms. The molecule has 0 fully saturated rings. The SMILES string of the molecule is CC(Nc1ncccc1C#N)C(C)C(=O)O. The van der Waals surface area contributed by atoms with Gasteiger partial charge in [-0.15, -0.1) is 0 Å². The number of nitrogens with zero attached hydrogens (tertiary/aromatic N) is 2. The summed E-state index contributed by atoms with van der Waals surface area (Å²) in [5, 5.41) is 20.6. The summed E-state index contributed by atoms with van der Waals surface area (Å²) in [6.07, 6.45) is 1.56.